The summed E-state index contributed by atoms with van der Waals surface area (Å²) in [5.41, 5.74) is 0.394. The third-order valence-corrected chi connectivity index (χ3v) is 8.60. The molecule has 3 saturated heterocycles. The summed E-state index contributed by atoms with van der Waals surface area (Å²) in [5.74, 6) is -6.11. The van der Waals surface area contributed by atoms with Gasteiger partial charge in [-0.2, -0.15) is 0 Å². The molecule has 0 spiro atoms. The Kier molecular flexibility index (Phi) is 12.4. The number of carbonyl (C=O) groups excluding carboxylic acids is 5. The van der Waals surface area contributed by atoms with Gasteiger partial charge in [0.15, 0.2) is 11.6 Å². The number of carbonyl (C=O) groups is 6. The minimum absolute atomic E-state index is 0.0240. The number of carboxylic acid groups (broad SMARTS) is 1. The van der Waals surface area contributed by atoms with Gasteiger partial charge in [-0.1, -0.05) is 6.07 Å². The molecule has 5 amide bonds. The van der Waals surface area contributed by atoms with E-state index < -0.39 is 59.5 Å². The van der Waals surface area contributed by atoms with Crippen molar-refractivity contribution >= 4 is 35.5 Å². The van der Waals surface area contributed by atoms with Gasteiger partial charge in [0.05, 0.1) is 0 Å². The Morgan fingerprint density at radius 2 is 1.76 bits per heavy atom. The Morgan fingerprint density at radius 3 is 2.48 bits per heavy atom. The second kappa shape index (κ2) is 16.4. The zero-order chi connectivity index (χ0) is 33.2. The lowest BCUT2D eigenvalue weighted by molar-refractivity contribution is -0.145. The van der Waals surface area contributed by atoms with Crippen LogP contribution in [0.15, 0.2) is 18.2 Å². The van der Waals surface area contributed by atoms with Crippen LogP contribution in [0.2, 0.25) is 0 Å². The number of aliphatic carboxylic acids is 1. The summed E-state index contributed by atoms with van der Waals surface area (Å²) in [7, 11) is 0. The molecule has 0 radical (unpaired) electrons. The number of hydrogen-bond donors (Lipinski definition) is 5. The summed E-state index contributed by atoms with van der Waals surface area (Å²) >= 11 is 0. The van der Waals surface area contributed by atoms with E-state index in [0.717, 1.165) is 12.1 Å². The molecular weight excluding hydrogens is 608 g/mol. The van der Waals surface area contributed by atoms with Crippen LogP contribution in [0.4, 0.5) is 8.78 Å². The smallest absolute Gasteiger partial charge is 0.326 e. The second-order valence-corrected chi connectivity index (χ2v) is 12.0. The molecule has 252 valence electrons. The molecule has 3 aliphatic heterocycles. The first-order chi connectivity index (χ1) is 22.0. The summed E-state index contributed by atoms with van der Waals surface area (Å²) in [6, 6.07) is -0.879. The zero-order valence-electron chi connectivity index (χ0n) is 25.5. The van der Waals surface area contributed by atoms with Crippen molar-refractivity contribution in [1.82, 2.24) is 26.2 Å². The maximum Gasteiger partial charge on any atom is 0.326 e. The van der Waals surface area contributed by atoms with Gasteiger partial charge in [0.2, 0.25) is 29.5 Å². The fraction of sp³-hybridized carbons (Fsp3) is 0.613. The van der Waals surface area contributed by atoms with Crippen LogP contribution >= 0.6 is 0 Å². The van der Waals surface area contributed by atoms with Crippen molar-refractivity contribution in [2.75, 3.05) is 26.3 Å². The number of ether oxygens (including phenoxy) is 1. The third kappa shape index (κ3) is 9.68. The topological polar surface area (TPSA) is 183 Å². The molecular formula is C31H41F2N5O8. The summed E-state index contributed by atoms with van der Waals surface area (Å²) in [4.78, 5) is 79.0. The average Bonchev–Trinajstić information content (AvgIpc) is 3.46. The van der Waals surface area contributed by atoms with Crippen LogP contribution < -0.4 is 21.3 Å². The lowest BCUT2D eigenvalue weighted by Gasteiger charge is -2.29. The van der Waals surface area contributed by atoms with E-state index in [1.165, 1.54) is 11.0 Å². The molecule has 46 heavy (non-hydrogen) atoms. The molecule has 4 rings (SSSR count). The van der Waals surface area contributed by atoms with Gasteiger partial charge in [-0.3, -0.25) is 24.0 Å². The van der Waals surface area contributed by atoms with E-state index in [4.69, 9.17) is 4.74 Å². The number of rotatable bonds is 7. The molecule has 0 aromatic heterocycles. The number of fused-ring (bicyclic) bond motifs is 1. The standard InChI is InChI=1S/C31H41F2N5O8/c32-21-6-4-18(15-22(21)33)5-8-27(40)36-23-3-1-2-12-34-26(39)9-7-24(31(44)45)37-29(42)25-16-20(17-38(25)30(23)43)35-28(41)19-10-13-46-14-11-19/h4,6,15,19-20,23-25H,1-3,5,7-14,16-17H2,(H,34,39)(H,35,41)(H,36,40)(H,37,42)(H,44,45)/t20-,23+,24+,25+/m1/s1. The Balaban J connectivity index is 1.53. The van der Waals surface area contributed by atoms with Crippen molar-refractivity contribution in [1.29, 1.82) is 0 Å². The zero-order valence-corrected chi connectivity index (χ0v) is 25.5. The van der Waals surface area contributed by atoms with Crippen LogP contribution in [0.25, 0.3) is 0 Å². The largest absolute Gasteiger partial charge is 0.480 e. The van der Waals surface area contributed by atoms with Crippen LogP contribution in [-0.2, 0) is 39.9 Å². The molecule has 0 aliphatic carbocycles. The van der Waals surface area contributed by atoms with Crippen molar-refractivity contribution in [2.24, 2.45) is 5.92 Å². The summed E-state index contributed by atoms with van der Waals surface area (Å²) in [6.07, 6.45) is 1.83. The van der Waals surface area contributed by atoms with Gasteiger partial charge in [0.1, 0.15) is 18.1 Å². The number of nitrogens with one attached hydrogen (secondary N) is 4. The van der Waals surface area contributed by atoms with Crippen LogP contribution in [-0.4, -0.2) is 96.0 Å². The number of hydrogen-bond acceptors (Lipinski definition) is 7. The third-order valence-electron chi connectivity index (χ3n) is 8.60. The number of aryl methyl sites for hydroxylation is 1. The van der Waals surface area contributed by atoms with E-state index in [9.17, 15) is 42.7 Å². The highest BCUT2D eigenvalue weighted by molar-refractivity contribution is 5.94. The molecule has 5 N–H and O–H groups in total. The maximum atomic E-state index is 14.0. The van der Waals surface area contributed by atoms with Gasteiger partial charge in [-0.25, -0.2) is 13.6 Å². The molecule has 3 fully saturated rings. The minimum atomic E-state index is -1.39. The van der Waals surface area contributed by atoms with E-state index in [-0.39, 0.29) is 69.3 Å². The molecule has 4 atom stereocenters. The Bertz CT molecular complexity index is 1310. The van der Waals surface area contributed by atoms with E-state index in [0.29, 0.717) is 44.5 Å². The second-order valence-electron chi connectivity index (χ2n) is 12.0. The van der Waals surface area contributed by atoms with Crippen molar-refractivity contribution < 1.29 is 47.4 Å². The summed E-state index contributed by atoms with van der Waals surface area (Å²) in [6.45, 7) is 1.13. The molecule has 13 nitrogen and oxygen atoms in total. The van der Waals surface area contributed by atoms with Crippen LogP contribution in [0.1, 0.15) is 63.4 Å². The first-order valence-electron chi connectivity index (χ1n) is 15.7. The molecule has 0 bridgehead atoms. The minimum Gasteiger partial charge on any atom is -0.480 e. The fourth-order valence-corrected chi connectivity index (χ4v) is 5.98. The normalized spacial score (nSPS) is 25.3. The van der Waals surface area contributed by atoms with E-state index >= 15 is 0 Å². The number of halogens is 2. The Hall–Kier alpha value is -4.14. The Morgan fingerprint density at radius 1 is 1.00 bits per heavy atom. The molecule has 0 saturated carbocycles. The van der Waals surface area contributed by atoms with E-state index in [2.05, 4.69) is 21.3 Å². The number of amides is 5. The molecule has 1 aromatic rings. The van der Waals surface area contributed by atoms with Crippen molar-refractivity contribution in [3.63, 3.8) is 0 Å². The molecule has 15 heteroatoms. The lowest BCUT2D eigenvalue weighted by atomic mass is 9.99. The predicted molar refractivity (Wildman–Crippen MR) is 158 cm³/mol. The van der Waals surface area contributed by atoms with Gasteiger partial charge in [0, 0.05) is 51.1 Å². The first-order valence-corrected chi connectivity index (χ1v) is 15.7. The number of carboxylic acids is 1. The van der Waals surface area contributed by atoms with Crippen LogP contribution in [0.3, 0.4) is 0 Å². The highest BCUT2D eigenvalue weighted by Crippen LogP contribution is 2.23. The summed E-state index contributed by atoms with van der Waals surface area (Å²) in [5, 5.41) is 20.5. The molecule has 0 unspecified atom stereocenters. The molecule has 1 aromatic carbocycles. The quantitative estimate of drug-likeness (QED) is 0.284. The maximum absolute atomic E-state index is 14.0. The molecule has 3 heterocycles. The highest BCUT2D eigenvalue weighted by Gasteiger charge is 2.43. The van der Waals surface area contributed by atoms with Crippen molar-refractivity contribution in [3.05, 3.63) is 35.4 Å². The number of benzene rings is 1. The monoisotopic (exact) mass is 649 g/mol. The van der Waals surface area contributed by atoms with E-state index in [1.807, 2.05) is 0 Å². The van der Waals surface area contributed by atoms with E-state index in [1.54, 1.807) is 0 Å². The van der Waals surface area contributed by atoms with Crippen molar-refractivity contribution in [3.8, 4) is 0 Å². The highest BCUT2D eigenvalue weighted by atomic mass is 19.2. The SMILES string of the molecule is O=C1CC[C@@H](C(=O)O)NC(=O)[C@@H]2C[C@@H](NC(=O)C3CCOCC3)CN2C(=O)[C@@H](NC(=O)CCc2ccc(F)c(F)c2)CCCCN1. The van der Waals surface area contributed by atoms with Gasteiger partial charge in [-0.15, -0.1) is 0 Å². The van der Waals surface area contributed by atoms with Gasteiger partial charge in [-0.05, 0) is 69.1 Å². The molecule has 3 aliphatic rings. The van der Waals surface area contributed by atoms with Gasteiger partial charge in [0.25, 0.3) is 0 Å². The van der Waals surface area contributed by atoms with Crippen molar-refractivity contribution in [2.45, 2.75) is 88.4 Å². The first kappa shape index (κ1) is 34.7. The fourth-order valence-electron chi connectivity index (χ4n) is 5.98. The average molecular weight is 650 g/mol. The summed E-state index contributed by atoms with van der Waals surface area (Å²) < 4.78 is 32.3. The number of nitrogens with zero attached hydrogens (tertiary/aromatic N) is 1. The Labute approximate surface area is 265 Å². The lowest BCUT2D eigenvalue weighted by Crippen LogP contribution is -2.55. The van der Waals surface area contributed by atoms with Crippen LogP contribution in [0, 0.1) is 17.6 Å². The predicted octanol–water partition coefficient (Wildman–Crippen LogP) is 0.544. The van der Waals surface area contributed by atoms with Gasteiger partial charge >= 0.3 is 5.97 Å². The van der Waals surface area contributed by atoms with Gasteiger partial charge < -0.3 is 36.0 Å². The van der Waals surface area contributed by atoms with Crippen LogP contribution in [0.5, 0.6) is 0 Å².